The third kappa shape index (κ3) is 2.59. The van der Waals surface area contributed by atoms with E-state index >= 15 is 0 Å². The van der Waals surface area contributed by atoms with E-state index in [4.69, 9.17) is 0 Å². The smallest absolute Gasteiger partial charge is 0.201 e. The van der Waals surface area contributed by atoms with E-state index in [9.17, 15) is 0 Å². The lowest BCUT2D eigenvalue weighted by Gasteiger charge is -2.15. The molecule has 0 unspecified atom stereocenters. The highest BCUT2D eigenvalue weighted by Crippen LogP contribution is 2.39. The Morgan fingerprint density at radius 3 is 2.14 bits per heavy atom. The molecule has 0 aliphatic heterocycles. The molecule has 5 rings (SSSR count). The molecule has 0 atom stereocenters. The van der Waals surface area contributed by atoms with Gasteiger partial charge in [-0.15, -0.1) is 0 Å². The fraction of sp³-hybridized carbons (Fsp3) is 0.0741. The van der Waals surface area contributed by atoms with Gasteiger partial charge >= 0.3 is 0 Å². The van der Waals surface area contributed by atoms with Crippen LogP contribution in [-0.2, 0) is 7.05 Å². The van der Waals surface area contributed by atoms with Gasteiger partial charge in [0.05, 0.1) is 5.56 Å². The molecule has 0 bridgehead atoms. The molecule has 0 N–H and O–H groups in total. The first kappa shape index (κ1) is 16.7. The lowest BCUT2D eigenvalue weighted by molar-refractivity contribution is -0.660. The number of hydrogen-bond donors (Lipinski definition) is 0. The zero-order chi connectivity index (χ0) is 19.1. The number of hydrogen-bond acceptors (Lipinski definition) is 0. The molecule has 1 nitrogen and oxygen atoms in total. The van der Waals surface area contributed by atoms with Crippen LogP contribution in [0, 0.1) is 6.92 Å². The van der Waals surface area contributed by atoms with Crippen LogP contribution in [0.15, 0.2) is 97.2 Å². The molecule has 0 aliphatic carbocycles. The van der Waals surface area contributed by atoms with Crippen molar-refractivity contribution in [3.05, 3.63) is 103 Å². The normalized spacial score (nSPS) is 11.2. The minimum atomic E-state index is 1.23. The van der Waals surface area contributed by atoms with Gasteiger partial charge < -0.3 is 0 Å². The molecule has 0 saturated heterocycles. The topological polar surface area (TPSA) is 3.88 Å². The molecule has 134 valence electrons. The molecule has 1 aromatic heterocycles. The van der Waals surface area contributed by atoms with Gasteiger partial charge in [0.2, 0.25) is 5.69 Å². The van der Waals surface area contributed by atoms with Crippen molar-refractivity contribution in [2.45, 2.75) is 6.92 Å². The first-order valence-corrected chi connectivity index (χ1v) is 9.69. The van der Waals surface area contributed by atoms with Gasteiger partial charge in [-0.25, -0.2) is 4.57 Å². The first-order chi connectivity index (χ1) is 13.7. The molecular formula is C27H22N+. The van der Waals surface area contributed by atoms with Crippen molar-refractivity contribution in [1.29, 1.82) is 0 Å². The molecule has 0 radical (unpaired) electrons. The van der Waals surface area contributed by atoms with E-state index in [-0.39, 0.29) is 0 Å². The van der Waals surface area contributed by atoms with Gasteiger partial charge in [-0.1, -0.05) is 66.7 Å². The van der Waals surface area contributed by atoms with Crippen LogP contribution < -0.4 is 4.57 Å². The van der Waals surface area contributed by atoms with Gasteiger partial charge in [0.25, 0.3) is 0 Å². The van der Waals surface area contributed by atoms with Crippen molar-refractivity contribution in [2.75, 3.05) is 0 Å². The number of rotatable bonds is 2. The summed E-state index contributed by atoms with van der Waals surface area (Å²) in [5.74, 6) is 0. The highest BCUT2D eigenvalue weighted by atomic mass is 14.9. The number of pyridine rings is 1. The van der Waals surface area contributed by atoms with E-state index in [2.05, 4.69) is 116 Å². The molecule has 5 aromatic rings. The SMILES string of the molecule is Cc1cccc(-c2cc3ccccc3c3ccccc23)c1-c1cccc[n+]1C. The molecule has 1 heterocycles. The fourth-order valence-electron chi connectivity index (χ4n) is 4.29. The summed E-state index contributed by atoms with van der Waals surface area (Å²) in [5.41, 5.74) is 6.39. The Hall–Kier alpha value is -3.45. The lowest BCUT2D eigenvalue weighted by Crippen LogP contribution is -2.30. The van der Waals surface area contributed by atoms with Crippen LogP contribution in [0.5, 0.6) is 0 Å². The van der Waals surface area contributed by atoms with Gasteiger partial charge in [-0.05, 0) is 57.3 Å². The van der Waals surface area contributed by atoms with Crippen molar-refractivity contribution >= 4 is 21.5 Å². The van der Waals surface area contributed by atoms with Crippen molar-refractivity contribution < 1.29 is 4.57 Å². The Bertz CT molecular complexity index is 1330. The zero-order valence-electron chi connectivity index (χ0n) is 16.2. The van der Waals surface area contributed by atoms with Crippen LogP contribution in [-0.4, -0.2) is 0 Å². The van der Waals surface area contributed by atoms with E-state index in [0.29, 0.717) is 0 Å². The van der Waals surface area contributed by atoms with E-state index in [1.807, 2.05) is 0 Å². The van der Waals surface area contributed by atoms with Crippen LogP contribution in [0.1, 0.15) is 5.56 Å². The summed E-state index contributed by atoms with van der Waals surface area (Å²) >= 11 is 0. The summed E-state index contributed by atoms with van der Waals surface area (Å²) in [6.45, 7) is 2.20. The standard InChI is InChI=1S/C27H22N/c1-19-10-9-15-24(27(19)26-16-7-8-17-28(26)2)25-18-20-11-3-4-12-21(20)22-13-5-6-14-23(22)25/h3-18H,1-2H3/q+1. The molecule has 4 aromatic carbocycles. The van der Waals surface area contributed by atoms with Crippen LogP contribution in [0.4, 0.5) is 0 Å². The Balaban J connectivity index is 1.92. The molecule has 0 aliphatic rings. The minimum Gasteiger partial charge on any atom is -0.201 e. The third-order valence-corrected chi connectivity index (χ3v) is 5.64. The predicted molar refractivity (Wildman–Crippen MR) is 118 cm³/mol. The van der Waals surface area contributed by atoms with Crippen molar-refractivity contribution in [2.24, 2.45) is 7.05 Å². The molecular weight excluding hydrogens is 338 g/mol. The molecule has 0 amide bonds. The maximum absolute atomic E-state index is 2.35. The van der Waals surface area contributed by atoms with E-state index in [1.165, 1.54) is 49.5 Å². The molecule has 0 saturated carbocycles. The Morgan fingerprint density at radius 2 is 1.32 bits per heavy atom. The number of benzene rings is 4. The van der Waals surface area contributed by atoms with Gasteiger partial charge in [-0.2, -0.15) is 0 Å². The summed E-state index contributed by atoms with van der Waals surface area (Å²) in [4.78, 5) is 0. The number of fused-ring (bicyclic) bond motifs is 3. The Labute approximate surface area is 165 Å². The Morgan fingerprint density at radius 1 is 0.607 bits per heavy atom. The maximum atomic E-state index is 2.35. The summed E-state index contributed by atoms with van der Waals surface area (Å²) in [7, 11) is 2.12. The maximum Gasteiger partial charge on any atom is 0.213 e. The Kier molecular flexibility index (Phi) is 3.95. The summed E-state index contributed by atoms with van der Waals surface area (Å²) in [6, 6.07) is 32.8. The van der Waals surface area contributed by atoms with E-state index < -0.39 is 0 Å². The van der Waals surface area contributed by atoms with Crippen molar-refractivity contribution in [1.82, 2.24) is 0 Å². The second kappa shape index (κ2) is 6.61. The van der Waals surface area contributed by atoms with Gasteiger partial charge in [-0.3, -0.25) is 0 Å². The molecule has 1 heteroatoms. The van der Waals surface area contributed by atoms with Gasteiger partial charge in [0.1, 0.15) is 7.05 Å². The average molecular weight is 360 g/mol. The first-order valence-electron chi connectivity index (χ1n) is 9.69. The van der Waals surface area contributed by atoms with Gasteiger partial charge in [0, 0.05) is 12.1 Å². The second-order valence-corrected chi connectivity index (χ2v) is 7.39. The van der Waals surface area contributed by atoms with Crippen molar-refractivity contribution in [3.8, 4) is 22.4 Å². The predicted octanol–water partition coefficient (Wildman–Crippen LogP) is 6.46. The van der Waals surface area contributed by atoms with Crippen LogP contribution >= 0.6 is 0 Å². The monoisotopic (exact) mass is 360 g/mol. The van der Waals surface area contributed by atoms with Crippen LogP contribution in [0.3, 0.4) is 0 Å². The number of aromatic nitrogens is 1. The van der Waals surface area contributed by atoms with Crippen LogP contribution in [0.25, 0.3) is 43.9 Å². The lowest BCUT2D eigenvalue weighted by atomic mass is 9.88. The van der Waals surface area contributed by atoms with E-state index in [1.54, 1.807) is 0 Å². The number of nitrogens with zero attached hydrogens (tertiary/aromatic N) is 1. The summed E-state index contributed by atoms with van der Waals surface area (Å²) in [5, 5.41) is 5.19. The highest BCUT2D eigenvalue weighted by molar-refractivity contribution is 6.14. The second-order valence-electron chi connectivity index (χ2n) is 7.39. The third-order valence-electron chi connectivity index (χ3n) is 5.64. The molecule has 28 heavy (non-hydrogen) atoms. The summed E-state index contributed by atoms with van der Waals surface area (Å²) in [6.07, 6.45) is 2.12. The number of aryl methyl sites for hydroxylation is 2. The summed E-state index contributed by atoms with van der Waals surface area (Å²) < 4.78 is 2.20. The fourth-order valence-corrected chi connectivity index (χ4v) is 4.29. The quantitative estimate of drug-likeness (QED) is 0.251. The zero-order valence-corrected chi connectivity index (χ0v) is 16.2. The highest BCUT2D eigenvalue weighted by Gasteiger charge is 2.19. The van der Waals surface area contributed by atoms with E-state index in [0.717, 1.165) is 0 Å². The average Bonchev–Trinajstić information content (AvgIpc) is 2.74. The van der Waals surface area contributed by atoms with Gasteiger partial charge in [0.15, 0.2) is 6.20 Å². The largest absolute Gasteiger partial charge is 0.213 e. The van der Waals surface area contributed by atoms with Crippen LogP contribution in [0.2, 0.25) is 0 Å². The van der Waals surface area contributed by atoms with Crippen molar-refractivity contribution in [3.63, 3.8) is 0 Å². The minimum absolute atomic E-state index is 1.23. The molecule has 0 fully saturated rings. The molecule has 0 spiro atoms.